The summed E-state index contributed by atoms with van der Waals surface area (Å²) in [4.78, 5) is 27.0. The van der Waals surface area contributed by atoms with Crippen molar-refractivity contribution in [3.63, 3.8) is 0 Å². The number of rotatable bonds is 10. The molecule has 190 valence electrons. The van der Waals surface area contributed by atoms with Crippen LogP contribution in [0.5, 0.6) is 11.5 Å². The van der Waals surface area contributed by atoms with E-state index in [1.165, 1.54) is 19.1 Å². The summed E-state index contributed by atoms with van der Waals surface area (Å²) in [6.45, 7) is 2.83. The first kappa shape index (κ1) is 26.2. The standard InChI is InChI=1S/C25H29F3N2O5/c1-17(15-35-16-31)29-10-9-20(19-11-22(33-2)23(34-3)12-21(19)29)30(24(32)13-25(26,27)28)14-18-7-5-4-6-8-18/h4-8,11-12,16-17,20H,9-10,13-15H2,1-3H3. The Morgan fingerprint density at radius 3 is 2.43 bits per heavy atom. The summed E-state index contributed by atoms with van der Waals surface area (Å²) >= 11 is 0. The van der Waals surface area contributed by atoms with E-state index in [1.54, 1.807) is 42.5 Å². The maximum Gasteiger partial charge on any atom is 0.397 e. The Kier molecular flexibility index (Phi) is 8.48. The lowest BCUT2D eigenvalue weighted by Crippen LogP contribution is -2.45. The van der Waals surface area contributed by atoms with Gasteiger partial charge in [-0.2, -0.15) is 13.2 Å². The number of halogens is 3. The van der Waals surface area contributed by atoms with Crippen LogP contribution >= 0.6 is 0 Å². The highest BCUT2D eigenvalue weighted by molar-refractivity contribution is 5.78. The number of hydrogen-bond donors (Lipinski definition) is 0. The third kappa shape index (κ3) is 6.37. The number of methoxy groups -OCH3 is 2. The number of fused-ring (bicyclic) bond motifs is 1. The van der Waals surface area contributed by atoms with Crippen LogP contribution in [-0.2, 0) is 20.9 Å². The van der Waals surface area contributed by atoms with Crippen LogP contribution < -0.4 is 14.4 Å². The van der Waals surface area contributed by atoms with E-state index in [-0.39, 0.29) is 19.2 Å². The maximum absolute atomic E-state index is 13.2. The van der Waals surface area contributed by atoms with Crippen LogP contribution in [0.15, 0.2) is 42.5 Å². The van der Waals surface area contributed by atoms with Gasteiger partial charge in [-0.15, -0.1) is 0 Å². The largest absolute Gasteiger partial charge is 0.493 e. The summed E-state index contributed by atoms with van der Waals surface area (Å²) in [5.41, 5.74) is 2.04. The molecule has 2 aromatic rings. The first-order valence-corrected chi connectivity index (χ1v) is 11.2. The Labute approximate surface area is 202 Å². The smallest absolute Gasteiger partial charge is 0.397 e. The number of amides is 1. The van der Waals surface area contributed by atoms with Crippen molar-refractivity contribution in [3.05, 3.63) is 53.6 Å². The van der Waals surface area contributed by atoms with Gasteiger partial charge in [0.2, 0.25) is 5.91 Å². The molecule has 1 aliphatic rings. The lowest BCUT2D eigenvalue weighted by molar-refractivity contribution is -0.164. The molecule has 0 N–H and O–H groups in total. The average molecular weight is 495 g/mol. The molecule has 2 aromatic carbocycles. The number of carbonyl (C=O) groups is 2. The van der Waals surface area contributed by atoms with Gasteiger partial charge in [-0.3, -0.25) is 9.59 Å². The number of carbonyl (C=O) groups excluding carboxylic acids is 2. The highest BCUT2D eigenvalue weighted by Crippen LogP contribution is 2.45. The van der Waals surface area contributed by atoms with Crippen molar-refractivity contribution in [2.45, 2.75) is 44.6 Å². The first-order chi connectivity index (χ1) is 16.7. The van der Waals surface area contributed by atoms with Gasteiger partial charge >= 0.3 is 6.18 Å². The van der Waals surface area contributed by atoms with Crippen molar-refractivity contribution in [3.8, 4) is 11.5 Å². The molecule has 2 unspecified atom stereocenters. The van der Waals surface area contributed by atoms with E-state index in [1.807, 2.05) is 11.8 Å². The van der Waals surface area contributed by atoms with E-state index >= 15 is 0 Å². The molecule has 0 saturated carbocycles. The van der Waals surface area contributed by atoms with Gasteiger partial charge in [0.05, 0.1) is 26.3 Å². The van der Waals surface area contributed by atoms with E-state index in [4.69, 9.17) is 14.2 Å². The molecular formula is C25H29F3N2O5. The summed E-state index contributed by atoms with van der Waals surface area (Å²) < 4.78 is 55.6. The second-order valence-corrected chi connectivity index (χ2v) is 8.34. The van der Waals surface area contributed by atoms with Crippen LogP contribution in [0.2, 0.25) is 0 Å². The Morgan fingerprint density at radius 1 is 1.17 bits per heavy atom. The minimum atomic E-state index is -4.63. The van der Waals surface area contributed by atoms with Crippen molar-refractivity contribution >= 4 is 18.1 Å². The number of alkyl halides is 3. The molecule has 0 aliphatic carbocycles. The summed E-state index contributed by atoms with van der Waals surface area (Å²) in [5, 5.41) is 0. The Hall–Kier alpha value is -3.43. The summed E-state index contributed by atoms with van der Waals surface area (Å²) in [7, 11) is 2.96. The lowest BCUT2D eigenvalue weighted by atomic mass is 9.92. The van der Waals surface area contributed by atoms with Crippen molar-refractivity contribution in [2.24, 2.45) is 0 Å². The van der Waals surface area contributed by atoms with E-state index in [0.717, 1.165) is 5.56 Å². The van der Waals surface area contributed by atoms with Crippen LogP contribution in [0.3, 0.4) is 0 Å². The molecule has 0 aromatic heterocycles. The van der Waals surface area contributed by atoms with E-state index in [9.17, 15) is 22.8 Å². The van der Waals surface area contributed by atoms with Gasteiger partial charge in [0.25, 0.3) is 6.47 Å². The molecule has 1 aliphatic heterocycles. The van der Waals surface area contributed by atoms with Gasteiger partial charge in [-0.1, -0.05) is 30.3 Å². The summed E-state index contributed by atoms with van der Waals surface area (Å²) in [6.07, 6.45) is -5.80. The molecule has 35 heavy (non-hydrogen) atoms. The number of nitrogens with zero attached hydrogens (tertiary/aromatic N) is 2. The maximum atomic E-state index is 13.2. The second kappa shape index (κ2) is 11.3. The van der Waals surface area contributed by atoms with Crippen LogP contribution in [0.1, 0.15) is 36.9 Å². The fraction of sp³-hybridized carbons (Fsp3) is 0.440. The fourth-order valence-corrected chi connectivity index (χ4v) is 4.41. The van der Waals surface area contributed by atoms with Crippen LogP contribution in [0.4, 0.5) is 18.9 Å². The third-order valence-electron chi connectivity index (χ3n) is 6.03. The topological polar surface area (TPSA) is 68.3 Å². The normalized spacial score (nSPS) is 16.2. The Bertz CT molecular complexity index is 1020. The Balaban J connectivity index is 2.08. The molecule has 10 heteroatoms. The SMILES string of the molecule is COc1cc2c(cc1OC)N(C(C)COC=O)CCC2N(Cc1ccccc1)C(=O)CC(F)(F)F. The second-order valence-electron chi connectivity index (χ2n) is 8.34. The molecule has 0 saturated heterocycles. The van der Waals surface area contributed by atoms with Crippen molar-refractivity contribution < 1.29 is 37.0 Å². The summed E-state index contributed by atoms with van der Waals surface area (Å²) in [5.74, 6) is -0.160. The zero-order valence-corrected chi connectivity index (χ0v) is 19.9. The quantitative estimate of drug-likeness (QED) is 0.453. The number of benzene rings is 2. The van der Waals surface area contributed by atoms with Gasteiger partial charge in [0.1, 0.15) is 13.0 Å². The number of ether oxygens (including phenoxy) is 3. The number of hydrogen-bond acceptors (Lipinski definition) is 6. The van der Waals surface area contributed by atoms with Crippen LogP contribution in [-0.4, -0.2) is 56.9 Å². The van der Waals surface area contributed by atoms with Gasteiger partial charge < -0.3 is 24.0 Å². The van der Waals surface area contributed by atoms with Gasteiger partial charge in [-0.25, -0.2) is 0 Å². The summed E-state index contributed by atoms with van der Waals surface area (Å²) in [6, 6.07) is 11.5. The van der Waals surface area contributed by atoms with Crippen molar-refractivity contribution in [1.29, 1.82) is 0 Å². The first-order valence-electron chi connectivity index (χ1n) is 11.2. The molecule has 0 bridgehead atoms. The Morgan fingerprint density at radius 2 is 1.83 bits per heavy atom. The minimum Gasteiger partial charge on any atom is -0.493 e. The third-order valence-corrected chi connectivity index (χ3v) is 6.03. The van der Waals surface area contributed by atoms with Crippen LogP contribution in [0.25, 0.3) is 0 Å². The highest BCUT2D eigenvalue weighted by atomic mass is 19.4. The zero-order chi connectivity index (χ0) is 25.6. The predicted octanol–water partition coefficient (Wildman–Crippen LogP) is 4.50. The van der Waals surface area contributed by atoms with Gasteiger partial charge in [0, 0.05) is 30.4 Å². The molecule has 0 radical (unpaired) electrons. The fourth-order valence-electron chi connectivity index (χ4n) is 4.41. The minimum absolute atomic E-state index is 0.0258. The van der Waals surface area contributed by atoms with E-state index in [0.29, 0.717) is 42.2 Å². The highest BCUT2D eigenvalue weighted by Gasteiger charge is 2.39. The predicted molar refractivity (Wildman–Crippen MR) is 123 cm³/mol. The number of anilines is 1. The van der Waals surface area contributed by atoms with Gasteiger partial charge in [0.15, 0.2) is 11.5 Å². The van der Waals surface area contributed by atoms with E-state index < -0.39 is 24.5 Å². The molecule has 0 fully saturated rings. The molecule has 1 amide bonds. The lowest BCUT2D eigenvalue weighted by Gasteiger charge is -2.43. The molecule has 0 spiro atoms. The van der Waals surface area contributed by atoms with Crippen molar-refractivity contribution in [1.82, 2.24) is 4.90 Å². The zero-order valence-electron chi connectivity index (χ0n) is 19.9. The van der Waals surface area contributed by atoms with Crippen LogP contribution in [0, 0.1) is 0 Å². The van der Waals surface area contributed by atoms with E-state index in [2.05, 4.69) is 0 Å². The average Bonchev–Trinajstić information content (AvgIpc) is 2.83. The molecular weight excluding hydrogens is 465 g/mol. The monoisotopic (exact) mass is 494 g/mol. The van der Waals surface area contributed by atoms with Gasteiger partial charge in [-0.05, 0) is 25.0 Å². The molecule has 7 nitrogen and oxygen atoms in total. The molecule has 3 rings (SSSR count). The molecule has 2 atom stereocenters. The van der Waals surface area contributed by atoms with Crippen molar-refractivity contribution in [2.75, 3.05) is 32.3 Å². The molecule has 1 heterocycles.